The molecule has 0 aliphatic carbocycles. The van der Waals surface area contributed by atoms with E-state index in [1.165, 1.54) is 0 Å². The zero-order valence-corrected chi connectivity index (χ0v) is 20.7. The fourth-order valence-corrected chi connectivity index (χ4v) is 5.05. The van der Waals surface area contributed by atoms with Gasteiger partial charge in [0.25, 0.3) is 5.91 Å². The van der Waals surface area contributed by atoms with Crippen molar-refractivity contribution >= 4 is 30.1 Å². The Hall–Kier alpha value is -2.97. The molecule has 35 heavy (non-hydrogen) atoms. The molecule has 188 valence electrons. The molecule has 0 atom stereocenters. The first-order chi connectivity index (χ1) is 16.6. The third kappa shape index (κ3) is 5.33. The third-order valence-electron chi connectivity index (χ3n) is 6.91. The van der Waals surface area contributed by atoms with Crippen LogP contribution in [0.25, 0.3) is 0 Å². The summed E-state index contributed by atoms with van der Waals surface area (Å²) in [6.07, 6.45) is 3.18. The number of amides is 2. The Morgan fingerprint density at radius 3 is 2.54 bits per heavy atom. The molecule has 2 aromatic carbocycles. The maximum absolute atomic E-state index is 13.3. The van der Waals surface area contributed by atoms with Gasteiger partial charge in [0.15, 0.2) is 0 Å². The number of halogens is 1. The Balaban J connectivity index is 0.00000289. The van der Waals surface area contributed by atoms with E-state index < -0.39 is 0 Å². The van der Waals surface area contributed by atoms with Gasteiger partial charge in [-0.15, -0.1) is 12.4 Å². The molecule has 0 bridgehead atoms. The first-order valence-corrected chi connectivity index (χ1v) is 12.0. The number of nitrogens with one attached hydrogen (secondary N) is 1. The monoisotopic (exact) mass is 501 g/mol. The number of methoxy groups -OCH3 is 1. The van der Waals surface area contributed by atoms with Crippen LogP contribution in [0.3, 0.4) is 0 Å². The Bertz CT molecular complexity index is 1050. The van der Waals surface area contributed by atoms with E-state index >= 15 is 0 Å². The molecule has 9 heteroatoms. The number of piperidine rings is 2. The Morgan fingerprint density at radius 1 is 1.06 bits per heavy atom. The lowest BCUT2D eigenvalue weighted by atomic mass is 10.00. The van der Waals surface area contributed by atoms with E-state index in [0.717, 1.165) is 42.9 Å². The molecular weight excluding hydrogens is 470 g/mol. The van der Waals surface area contributed by atoms with Crippen molar-refractivity contribution in [3.8, 4) is 11.5 Å². The highest BCUT2D eigenvalue weighted by Crippen LogP contribution is 2.33. The second-order valence-electron chi connectivity index (χ2n) is 9.01. The van der Waals surface area contributed by atoms with Gasteiger partial charge in [0.2, 0.25) is 0 Å². The number of likely N-dealkylation sites (tertiary alicyclic amines) is 1. The summed E-state index contributed by atoms with van der Waals surface area (Å²) in [6, 6.07) is 13.3. The largest absolute Gasteiger partial charge is 0.496 e. The molecule has 0 aromatic heterocycles. The van der Waals surface area contributed by atoms with Crippen LogP contribution in [0.2, 0.25) is 0 Å². The number of rotatable bonds is 5. The van der Waals surface area contributed by atoms with Gasteiger partial charge < -0.3 is 24.4 Å². The number of anilines is 1. The van der Waals surface area contributed by atoms with Crippen molar-refractivity contribution in [2.75, 3.05) is 38.2 Å². The van der Waals surface area contributed by atoms with Crippen LogP contribution in [-0.4, -0.2) is 62.3 Å². The van der Waals surface area contributed by atoms with Gasteiger partial charge in [0.05, 0.1) is 18.4 Å². The fraction of sp³-hybridized carbons (Fsp3) is 0.462. The number of fused-ring (bicyclic) bond motifs is 1. The van der Waals surface area contributed by atoms with Crippen LogP contribution in [0.5, 0.6) is 11.5 Å². The summed E-state index contributed by atoms with van der Waals surface area (Å²) in [5.41, 5.74) is 2.45. The summed E-state index contributed by atoms with van der Waals surface area (Å²) >= 11 is 0. The zero-order chi connectivity index (χ0) is 23.5. The third-order valence-corrected chi connectivity index (χ3v) is 6.91. The first-order valence-electron chi connectivity index (χ1n) is 12.0. The van der Waals surface area contributed by atoms with Crippen molar-refractivity contribution in [3.05, 3.63) is 53.6 Å². The molecule has 3 aliphatic rings. The van der Waals surface area contributed by atoms with Crippen LogP contribution in [0.15, 0.2) is 42.5 Å². The summed E-state index contributed by atoms with van der Waals surface area (Å²) in [6.45, 7) is 3.34. The minimum absolute atomic E-state index is 0. The van der Waals surface area contributed by atoms with Crippen LogP contribution in [-0.2, 0) is 11.3 Å². The van der Waals surface area contributed by atoms with Gasteiger partial charge in [-0.2, -0.15) is 0 Å². The van der Waals surface area contributed by atoms with E-state index in [1.807, 2.05) is 41.3 Å². The van der Waals surface area contributed by atoms with E-state index in [9.17, 15) is 9.59 Å². The van der Waals surface area contributed by atoms with Crippen molar-refractivity contribution in [2.24, 2.45) is 0 Å². The number of hydrogen-bond acceptors (Lipinski definition) is 6. The van der Waals surface area contributed by atoms with Crippen LogP contribution in [0.4, 0.5) is 10.5 Å². The molecule has 0 unspecified atom stereocenters. The molecule has 0 radical (unpaired) electrons. The standard InChI is InChI=1S/C26H31N3O5.ClH/c1-32-24-16-21(34-20-8-12-27-13-9-20)6-7-22(24)25(30)28-14-10-19(11-15-28)29-23-5-3-2-4-18(23)17-33-26(29)31;/h2-7,16,19-20,27H,8-15,17H2,1H3;1H. The highest BCUT2D eigenvalue weighted by Gasteiger charge is 2.35. The molecule has 2 saturated heterocycles. The van der Waals surface area contributed by atoms with Gasteiger partial charge in [-0.1, -0.05) is 18.2 Å². The lowest BCUT2D eigenvalue weighted by Crippen LogP contribution is -2.50. The first kappa shape index (κ1) is 25.1. The quantitative estimate of drug-likeness (QED) is 0.667. The summed E-state index contributed by atoms with van der Waals surface area (Å²) in [5, 5.41) is 3.33. The predicted molar refractivity (Wildman–Crippen MR) is 135 cm³/mol. The number of ether oxygens (including phenoxy) is 3. The number of benzene rings is 2. The van der Waals surface area contributed by atoms with Crippen molar-refractivity contribution < 1.29 is 23.8 Å². The van der Waals surface area contributed by atoms with E-state index in [0.29, 0.717) is 43.9 Å². The Labute approximate surface area is 211 Å². The number of para-hydroxylation sites is 1. The molecule has 8 nitrogen and oxygen atoms in total. The minimum Gasteiger partial charge on any atom is -0.496 e. The highest BCUT2D eigenvalue weighted by atomic mass is 35.5. The average molecular weight is 502 g/mol. The van der Waals surface area contributed by atoms with Crippen LogP contribution in [0, 0.1) is 0 Å². The Kier molecular flexibility index (Phi) is 8.03. The van der Waals surface area contributed by atoms with Crippen molar-refractivity contribution in [3.63, 3.8) is 0 Å². The van der Waals surface area contributed by atoms with Crippen LogP contribution >= 0.6 is 12.4 Å². The number of carbonyl (C=O) groups excluding carboxylic acids is 2. The molecule has 2 aromatic rings. The van der Waals surface area contributed by atoms with Gasteiger partial charge in [0.1, 0.15) is 24.2 Å². The van der Waals surface area contributed by atoms with Crippen molar-refractivity contribution in [2.45, 2.75) is 44.4 Å². The highest BCUT2D eigenvalue weighted by molar-refractivity contribution is 5.97. The number of cyclic esters (lactones) is 1. The van der Waals surface area contributed by atoms with Gasteiger partial charge in [-0.05, 0) is 57.0 Å². The lowest BCUT2D eigenvalue weighted by Gasteiger charge is -2.40. The minimum atomic E-state index is -0.311. The maximum Gasteiger partial charge on any atom is 0.414 e. The fourth-order valence-electron chi connectivity index (χ4n) is 5.05. The average Bonchev–Trinajstić information content (AvgIpc) is 2.89. The molecular formula is C26H32ClN3O5. The number of nitrogens with zero attached hydrogens (tertiary/aromatic N) is 2. The topological polar surface area (TPSA) is 80.3 Å². The molecule has 2 amide bonds. The molecule has 3 aliphatic heterocycles. The summed E-state index contributed by atoms with van der Waals surface area (Å²) in [4.78, 5) is 29.5. The Morgan fingerprint density at radius 2 is 1.80 bits per heavy atom. The number of hydrogen-bond donors (Lipinski definition) is 1. The molecule has 2 fully saturated rings. The second kappa shape index (κ2) is 11.2. The van der Waals surface area contributed by atoms with E-state index in [4.69, 9.17) is 14.2 Å². The second-order valence-corrected chi connectivity index (χ2v) is 9.01. The molecule has 3 heterocycles. The van der Waals surface area contributed by atoms with Crippen molar-refractivity contribution in [1.82, 2.24) is 10.2 Å². The van der Waals surface area contributed by atoms with E-state index in [1.54, 1.807) is 18.1 Å². The molecule has 5 rings (SSSR count). The molecule has 0 saturated carbocycles. The van der Waals surface area contributed by atoms with Crippen LogP contribution in [0.1, 0.15) is 41.6 Å². The number of carbonyl (C=O) groups is 2. The van der Waals surface area contributed by atoms with Gasteiger partial charge in [0, 0.05) is 30.8 Å². The van der Waals surface area contributed by atoms with Gasteiger partial charge in [-0.25, -0.2) is 4.79 Å². The molecule has 1 N–H and O–H groups in total. The van der Waals surface area contributed by atoms with Gasteiger partial charge >= 0.3 is 6.09 Å². The normalized spacial score (nSPS) is 18.8. The maximum atomic E-state index is 13.3. The van der Waals surface area contributed by atoms with Gasteiger partial charge in [-0.3, -0.25) is 9.69 Å². The van der Waals surface area contributed by atoms with E-state index in [2.05, 4.69) is 5.32 Å². The predicted octanol–water partition coefficient (Wildman–Crippen LogP) is 4.01. The summed E-state index contributed by atoms with van der Waals surface area (Å²) in [5.74, 6) is 1.18. The summed E-state index contributed by atoms with van der Waals surface area (Å²) in [7, 11) is 1.58. The SMILES string of the molecule is COc1cc(OC2CCNCC2)ccc1C(=O)N1CCC(N2C(=O)OCc3ccccc32)CC1.Cl. The summed E-state index contributed by atoms with van der Waals surface area (Å²) < 4.78 is 17.0. The van der Waals surface area contributed by atoms with Crippen LogP contribution < -0.4 is 19.7 Å². The lowest BCUT2D eigenvalue weighted by molar-refractivity contribution is 0.0705. The van der Waals surface area contributed by atoms with Crippen molar-refractivity contribution in [1.29, 1.82) is 0 Å². The zero-order valence-electron chi connectivity index (χ0n) is 19.9. The van der Waals surface area contributed by atoms with E-state index in [-0.39, 0.29) is 36.6 Å². The smallest absolute Gasteiger partial charge is 0.414 e. The molecule has 0 spiro atoms.